The molecule has 1 fully saturated rings. The van der Waals surface area contributed by atoms with E-state index in [1.165, 1.54) is 5.57 Å². The SMILES string of the molecule is CN1CC(=Cc2ccccc2Cl)C2=NN(C)C(c3ccccc3Cl)C2C1.Cl.Cl. The molecule has 0 amide bonds. The van der Waals surface area contributed by atoms with E-state index < -0.39 is 0 Å². The Kier molecular flexibility index (Phi) is 7.83. The lowest BCUT2D eigenvalue weighted by molar-refractivity contribution is 0.211. The molecule has 3 nitrogen and oxygen atoms in total. The molecule has 0 saturated carbocycles. The van der Waals surface area contributed by atoms with Crippen LogP contribution in [0.15, 0.2) is 59.2 Å². The zero-order chi connectivity index (χ0) is 18.3. The average molecular weight is 459 g/mol. The maximum absolute atomic E-state index is 6.50. The zero-order valence-electron chi connectivity index (χ0n) is 15.7. The minimum absolute atomic E-state index is 0. The molecule has 2 unspecified atom stereocenters. The van der Waals surface area contributed by atoms with Gasteiger partial charge in [0.25, 0.3) is 0 Å². The summed E-state index contributed by atoms with van der Waals surface area (Å²) in [5.74, 6) is 0.285. The van der Waals surface area contributed by atoms with Gasteiger partial charge in [0.05, 0.1) is 11.8 Å². The predicted octanol–water partition coefficient (Wildman–Crippen LogP) is 5.82. The molecule has 0 bridgehead atoms. The molecule has 7 heteroatoms. The number of likely N-dealkylation sites (tertiary alicyclic amines) is 1. The summed E-state index contributed by atoms with van der Waals surface area (Å²) in [6.45, 7) is 1.82. The van der Waals surface area contributed by atoms with Crippen LogP contribution in [0.1, 0.15) is 17.2 Å². The van der Waals surface area contributed by atoms with Crippen molar-refractivity contribution >= 4 is 59.8 Å². The number of likely N-dealkylation sites (N-methyl/N-ethyl adjacent to an activating group) is 1. The van der Waals surface area contributed by atoms with E-state index in [-0.39, 0.29) is 36.8 Å². The van der Waals surface area contributed by atoms with Crippen LogP contribution in [0.25, 0.3) is 6.08 Å². The number of hydrogen-bond donors (Lipinski definition) is 0. The second-order valence-electron chi connectivity index (χ2n) is 7.02. The van der Waals surface area contributed by atoms with Gasteiger partial charge in [-0.1, -0.05) is 59.6 Å². The molecule has 2 aromatic rings. The number of hydrazone groups is 1. The van der Waals surface area contributed by atoms with E-state index in [4.69, 9.17) is 28.3 Å². The lowest BCUT2D eigenvalue weighted by Crippen LogP contribution is -2.41. The molecule has 2 heterocycles. The minimum atomic E-state index is 0. The average Bonchev–Trinajstić information content (AvgIpc) is 2.93. The molecule has 150 valence electrons. The first-order valence-corrected chi connectivity index (χ1v) is 9.50. The molecule has 2 aliphatic heterocycles. The van der Waals surface area contributed by atoms with E-state index in [0.717, 1.165) is 40.0 Å². The molecule has 1 saturated heterocycles. The van der Waals surface area contributed by atoms with Crippen molar-refractivity contribution in [2.45, 2.75) is 6.04 Å². The van der Waals surface area contributed by atoms with Gasteiger partial charge in [-0.3, -0.25) is 5.01 Å². The van der Waals surface area contributed by atoms with Gasteiger partial charge in [-0.15, -0.1) is 24.8 Å². The van der Waals surface area contributed by atoms with Crippen LogP contribution in [0, 0.1) is 5.92 Å². The molecular formula is C21H23Cl4N3. The predicted molar refractivity (Wildman–Crippen MR) is 124 cm³/mol. The Morgan fingerprint density at radius 3 is 2.29 bits per heavy atom. The summed E-state index contributed by atoms with van der Waals surface area (Å²) in [6.07, 6.45) is 2.17. The summed E-state index contributed by atoms with van der Waals surface area (Å²) in [6, 6.07) is 16.2. The van der Waals surface area contributed by atoms with E-state index in [1.807, 2.05) is 49.5 Å². The maximum Gasteiger partial charge on any atom is 0.0827 e. The summed E-state index contributed by atoms with van der Waals surface area (Å²) in [5.41, 5.74) is 4.53. The molecular weight excluding hydrogens is 436 g/mol. The minimum Gasteiger partial charge on any atom is -0.301 e. The third-order valence-corrected chi connectivity index (χ3v) is 5.83. The Hall–Kier alpha value is -1.23. The number of nitrogens with zero attached hydrogens (tertiary/aromatic N) is 3. The van der Waals surface area contributed by atoms with Gasteiger partial charge < -0.3 is 4.90 Å². The van der Waals surface area contributed by atoms with Crippen LogP contribution in [0.2, 0.25) is 10.0 Å². The number of fused-ring (bicyclic) bond motifs is 1. The van der Waals surface area contributed by atoms with Gasteiger partial charge in [0.2, 0.25) is 0 Å². The van der Waals surface area contributed by atoms with E-state index in [9.17, 15) is 0 Å². The molecule has 2 aliphatic rings. The molecule has 2 atom stereocenters. The van der Waals surface area contributed by atoms with Gasteiger partial charge in [-0.05, 0) is 42.0 Å². The van der Waals surface area contributed by atoms with Gasteiger partial charge in [-0.2, -0.15) is 5.10 Å². The van der Waals surface area contributed by atoms with Crippen molar-refractivity contribution in [3.63, 3.8) is 0 Å². The molecule has 28 heavy (non-hydrogen) atoms. The van der Waals surface area contributed by atoms with Crippen LogP contribution in [0.4, 0.5) is 0 Å². The number of benzene rings is 2. The van der Waals surface area contributed by atoms with Crippen LogP contribution < -0.4 is 0 Å². The molecule has 2 aromatic carbocycles. The van der Waals surface area contributed by atoms with Crippen LogP contribution in [-0.2, 0) is 0 Å². The number of rotatable bonds is 2. The van der Waals surface area contributed by atoms with Gasteiger partial charge in [0.1, 0.15) is 0 Å². The fourth-order valence-electron chi connectivity index (χ4n) is 4.01. The first-order chi connectivity index (χ1) is 12.5. The lowest BCUT2D eigenvalue weighted by atomic mass is 9.83. The fraction of sp³-hybridized carbons (Fsp3) is 0.286. The summed E-state index contributed by atoms with van der Waals surface area (Å²) in [4.78, 5) is 2.34. The van der Waals surface area contributed by atoms with Crippen LogP contribution >= 0.6 is 48.0 Å². The Labute approximate surface area is 188 Å². The second kappa shape index (κ2) is 9.51. The smallest absolute Gasteiger partial charge is 0.0827 e. The quantitative estimate of drug-likeness (QED) is 0.564. The topological polar surface area (TPSA) is 18.8 Å². The summed E-state index contributed by atoms with van der Waals surface area (Å²) < 4.78 is 0. The normalized spacial score (nSPS) is 22.9. The van der Waals surface area contributed by atoms with Crippen molar-refractivity contribution in [2.75, 3.05) is 27.2 Å². The second-order valence-corrected chi connectivity index (χ2v) is 7.83. The Morgan fingerprint density at radius 1 is 0.964 bits per heavy atom. The van der Waals surface area contributed by atoms with Crippen molar-refractivity contribution in [1.82, 2.24) is 9.91 Å². The van der Waals surface area contributed by atoms with E-state index in [0.29, 0.717) is 0 Å². The third-order valence-electron chi connectivity index (χ3n) is 5.14. The lowest BCUT2D eigenvalue weighted by Gasteiger charge is -2.34. The zero-order valence-corrected chi connectivity index (χ0v) is 18.8. The highest BCUT2D eigenvalue weighted by atomic mass is 35.5. The van der Waals surface area contributed by atoms with Crippen LogP contribution in [0.5, 0.6) is 0 Å². The van der Waals surface area contributed by atoms with Crippen molar-refractivity contribution in [1.29, 1.82) is 0 Å². The third kappa shape index (κ3) is 4.34. The van der Waals surface area contributed by atoms with Gasteiger partial charge in [0.15, 0.2) is 0 Å². The number of hydrogen-bond acceptors (Lipinski definition) is 3. The number of halogens is 4. The molecule has 0 spiro atoms. The first-order valence-electron chi connectivity index (χ1n) is 8.74. The van der Waals surface area contributed by atoms with Crippen molar-refractivity contribution in [3.8, 4) is 0 Å². The summed E-state index contributed by atoms with van der Waals surface area (Å²) in [5, 5.41) is 8.52. The van der Waals surface area contributed by atoms with Crippen molar-refractivity contribution in [2.24, 2.45) is 11.0 Å². The van der Waals surface area contributed by atoms with Crippen molar-refractivity contribution in [3.05, 3.63) is 75.3 Å². The Balaban J connectivity index is 0.00000140. The molecule has 0 N–H and O–H groups in total. The fourth-order valence-corrected chi connectivity index (χ4v) is 4.45. The summed E-state index contributed by atoms with van der Waals surface area (Å²) in [7, 11) is 4.19. The Bertz CT molecular complexity index is 897. The molecule has 0 aliphatic carbocycles. The first kappa shape index (κ1) is 23.1. The largest absolute Gasteiger partial charge is 0.301 e. The monoisotopic (exact) mass is 457 g/mol. The highest BCUT2D eigenvalue weighted by Gasteiger charge is 2.42. The molecule has 0 radical (unpaired) electrons. The van der Waals surface area contributed by atoms with Gasteiger partial charge in [0, 0.05) is 36.1 Å². The van der Waals surface area contributed by atoms with E-state index in [1.54, 1.807) is 0 Å². The van der Waals surface area contributed by atoms with Gasteiger partial charge in [-0.25, -0.2) is 0 Å². The maximum atomic E-state index is 6.50. The van der Waals surface area contributed by atoms with E-state index >= 15 is 0 Å². The highest BCUT2D eigenvalue weighted by molar-refractivity contribution is 6.32. The number of piperidine rings is 1. The highest BCUT2D eigenvalue weighted by Crippen LogP contribution is 2.41. The van der Waals surface area contributed by atoms with Crippen molar-refractivity contribution < 1.29 is 0 Å². The van der Waals surface area contributed by atoms with Gasteiger partial charge >= 0.3 is 0 Å². The van der Waals surface area contributed by atoms with Crippen LogP contribution in [0.3, 0.4) is 0 Å². The van der Waals surface area contributed by atoms with Crippen LogP contribution in [-0.4, -0.2) is 42.8 Å². The Morgan fingerprint density at radius 2 is 1.61 bits per heavy atom. The standard InChI is InChI=1S/C21H21Cl2N3.2ClH/c1-25-12-15(11-14-7-3-5-9-18(14)22)20-17(13-25)21(26(2)24-20)16-8-4-6-10-19(16)23;;/h3-11,17,21H,12-13H2,1-2H3;2*1H. The van der Waals surface area contributed by atoms with E-state index in [2.05, 4.69) is 29.1 Å². The molecule has 4 rings (SSSR count). The summed E-state index contributed by atoms with van der Waals surface area (Å²) >= 11 is 12.9. The molecule has 0 aromatic heterocycles.